The number of aromatic hydroxyl groups is 1. The first-order valence-corrected chi connectivity index (χ1v) is 5.44. The van der Waals surface area contributed by atoms with E-state index in [1.807, 2.05) is 0 Å². The number of benzene rings is 1. The van der Waals surface area contributed by atoms with Gasteiger partial charge in [-0.3, -0.25) is 9.59 Å². The van der Waals surface area contributed by atoms with Crippen molar-refractivity contribution in [3.8, 4) is 5.75 Å². The number of amides is 1. The van der Waals surface area contributed by atoms with Crippen LogP contribution in [0.25, 0.3) is 0 Å². The molecule has 0 aliphatic rings. The van der Waals surface area contributed by atoms with E-state index < -0.39 is 18.4 Å². The average Bonchev–Trinajstić information content (AvgIpc) is 2.30. The summed E-state index contributed by atoms with van der Waals surface area (Å²) in [6.07, 6.45) is 1.41. The number of carboxylic acid groups (broad SMARTS) is 1. The van der Waals surface area contributed by atoms with Gasteiger partial charge in [0.25, 0.3) is 5.91 Å². The van der Waals surface area contributed by atoms with Crippen molar-refractivity contribution in [2.45, 2.75) is 0 Å². The molecule has 18 heavy (non-hydrogen) atoms. The Balaban J connectivity index is 3.04. The number of nitrogens with zero attached hydrogens (tertiary/aromatic N) is 1. The van der Waals surface area contributed by atoms with E-state index >= 15 is 0 Å². The van der Waals surface area contributed by atoms with Gasteiger partial charge in [0.2, 0.25) is 0 Å². The van der Waals surface area contributed by atoms with Crippen LogP contribution in [0, 0.1) is 0 Å². The highest BCUT2D eigenvalue weighted by Gasteiger charge is 2.20. The van der Waals surface area contributed by atoms with Crippen molar-refractivity contribution in [2.24, 2.45) is 0 Å². The molecule has 5 nitrogen and oxygen atoms in total. The van der Waals surface area contributed by atoms with E-state index in [0.717, 1.165) is 4.90 Å². The van der Waals surface area contributed by atoms with Crippen molar-refractivity contribution in [1.82, 2.24) is 4.90 Å². The molecule has 0 aliphatic heterocycles. The quantitative estimate of drug-likeness (QED) is 0.799. The Hall–Kier alpha value is -2.01. The predicted molar refractivity (Wildman–Crippen MR) is 66.9 cm³/mol. The summed E-state index contributed by atoms with van der Waals surface area (Å²) in [6.45, 7) is 3.07. The van der Waals surface area contributed by atoms with Crippen LogP contribution in [-0.2, 0) is 4.79 Å². The van der Waals surface area contributed by atoms with E-state index in [0.29, 0.717) is 0 Å². The van der Waals surface area contributed by atoms with Crippen LogP contribution in [-0.4, -0.2) is 40.1 Å². The van der Waals surface area contributed by atoms with Crippen LogP contribution in [0.1, 0.15) is 10.4 Å². The Morgan fingerprint density at radius 2 is 2.11 bits per heavy atom. The molecule has 0 saturated carbocycles. The van der Waals surface area contributed by atoms with Crippen molar-refractivity contribution >= 4 is 23.5 Å². The summed E-state index contributed by atoms with van der Waals surface area (Å²) in [5.74, 6) is -1.82. The maximum Gasteiger partial charge on any atom is 0.323 e. The van der Waals surface area contributed by atoms with E-state index in [2.05, 4.69) is 6.58 Å². The number of rotatable bonds is 5. The summed E-state index contributed by atoms with van der Waals surface area (Å²) in [7, 11) is 0. The smallest absolute Gasteiger partial charge is 0.323 e. The second kappa shape index (κ2) is 6.07. The molecule has 1 aromatic rings. The monoisotopic (exact) mass is 269 g/mol. The summed E-state index contributed by atoms with van der Waals surface area (Å²) in [6, 6.07) is 3.91. The molecule has 0 unspecified atom stereocenters. The molecule has 2 N–H and O–H groups in total. The first-order chi connectivity index (χ1) is 8.45. The van der Waals surface area contributed by atoms with Crippen LogP contribution in [0.3, 0.4) is 0 Å². The minimum absolute atomic E-state index is 0.0553. The topological polar surface area (TPSA) is 77.8 Å². The van der Waals surface area contributed by atoms with Gasteiger partial charge >= 0.3 is 5.97 Å². The average molecular weight is 270 g/mol. The fourth-order valence-electron chi connectivity index (χ4n) is 1.39. The van der Waals surface area contributed by atoms with E-state index in [9.17, 15) is 14.7 Å². The van der Waals surface area contributed by atoms with Gasteiger partial charge in [-0.1, -0.05) is 17.7 Å². The Bertz CT molecular complexity index is 487. The summed E-state index contributed by atoms with van der Waals surface area (Å²) in [4.78, 5) is 23.8. The minimum atomic E-state index is -1.14. The van der Waals surface area contributed by atoms with Gasteiger partial charge in [0.15, 0.2) is 0 Å². The highest BCUT2D eigenvalue weighted by molar-refractivity contribution is 6.33. The number of carbonyl (C=O) groups excluding carboxylic acids is 1. The molecular formula is C12H12ClNO4. The highest BCUT2D eigenvalue weighted by Crippen LogP contribution is 2.22. The van der Waals surface area contributed by atoms with E-state index in [4.69, 9.17) is 16.7 Å². The van der Waals surface area contributed by atoms with Crippen LogP contribution < -0.4 is 0 Å². The van der Waals surface area contributed by atoms with Gasteiger partial charge in [0, 0.05) is 6.54 Å². The van der Waals surface area contributed by atoms with Gasteiger partial charge < -0.3 is 15.1 Å². The summed E-state index contributed by atoms with van der Waals surface area (Å²) < 4.78 is 0. The zero-order chi connectivity index (χ0) is 13.7. The van der Waals surface area contributed by atoms with Crippen molar-refractivity contribution in [1.29, 1.82) is 0 Å². The lowest BCUT2D eigenvalue weighted by molar-refractivity contribution is -0.137. The number of phenolic OH excluding ortho intramolecular Hbond substituents is 1. The maximum absolute atomic E-state index is 12.1. The number of carbonyl (C=O) groups is 2. The fourth-order valence-corrected chi connectivity index (χ4v) is 1.58. The Kier molecular flexibility index (Phi) is 4.74. The van der Waals surface area contributed by atoms with Gasteiger partial charge in [0.05, 0.1) is 10.6 Å². The molecule has 0 heterocycles. The van der Waals surface area contributed by atoms with Gasteiger partial charge in [0.1, 0.15) is 12.3 Å². The van der Waals surface area contributed by atoms with Gasteiger partial charge in [-0.2, -0.15) is 0 Å². The molecule has 0 fully saturated rings. The number of hydrogen-bond donors (Lipinski definition) is 2. The second-order valence-electron chi connectivity index (χ2n) is 3.53. The number of hydrogen-bond acceptors (Lipinski definition) is 3. The molecule has 0 bridgehead atoms. The van der Waals surface area contributed by atoms with Crippen molar-refractivity contribution in [3.05, 3.63) is 41.4 Å². The molecule has 0 saturated heterocycles. The fraction of sp³-hybridized carbons (Fsp3) is 0.167. The molecule has 1 amide bonds. The SMILES string of the molecule is C=CCN(CC(=O)O)C(=O)c1cc(O)ccc1Cl. The molecule has 0 aromatic heterocycles. The molecule has 1 rings (SSSR count). The molecule has 0 spiro atoms. The van der Waals surface area contributed by atoms with E-state index in [-0.39, 0.29) is 22.9 Å². The number of carboxylic acids is 1. The lowest BCUT2D eigenvalue weighted by Crippen LogP contribution is -2.35. The molecule has 1 aromatic carbocycles. The zero-order valence-electron chi connectivity index (χ0n) is 9.47. The zero-order valence-corrected chi connectivity index (χ0v) is 10.2. The summed E-state index contributed by atoms with van der Waals surface area (Å²) >= 11 is 5.84. The van der Waals surface area contributed by atoms with Crippen LogP contribution in [0.5, 0.6) is 5.75 Å². The largest absolute Gasteiger partial charge is 0.508 e. The van der Waals surface area contributed by atoms with Crippen molar-refractivity contribution < 1.29 is 19.8 Å². The Morgan fingerprint density at radius 1 is 1.44 bits per heavy atom. The lowest BCUT2D eigenvalue weighted by Gasteiger charge is -2.19. The second-order valence-corrected chi connectivity index (χ2v) is 3.94. The van der Waals surface area contributed by atoms with Crippen LogP contribution in [0.4, 0.5) is 0 Å². The number of halogens is 1. The summed E-state index contributed by atoms with van der Waals surface area (Å²) in [5, 5.41) is 18.2. The number of phenols is 1. The van der Waals surface area contributed by atoms with E-state index in [1.165, 1.54) is 24.3 Å². The van der Waals surface area contributed by atoms with Crippen LogP contribution in [0.15, 0.2) is 30.9 Å². The van der Waals surface area contributed by atoms with E-state index in [1.54, 1.807) is 0 Å². The Morgan fingerprint density at radius 3 is 2.67 bits per heavy atom. The standard InChI is InChI=1S/C12H12ClNO4/c1-2-5-14(7-11(16)17)12(18)9-6-8(15)3-4-10(9)13/h2-4,6,15H,1,5,7H2,(H,16,17). The third kappa shape index (κ3) is 3.49. The Labute approximate surface area is 109 Å². The highest BCUT2D eigenvalue weighted by atomic mass is 35.5. The molecule has 96 valence electrons. The third-order valence-corrected chi connectivity index (χ3v) is 2.47. The van der Waals surface area contributed by atoms with Crippen molar-refractivity contribution in [2.75, 3.05) is 13.1 Å². The molecule has 0 atom stereocenters. The number of aliphatic carboxylic acids is 1. The van der Waals surface area contributed by atoms with Gasteiger partial charge in [-0.05, 0) is 18.2 Å². The van der Waals surface area contributed by atoms with Gasteiger partial charge in [-0.25, -0.2) is 0 Å². The summed E-state index contributed by atoms with van der Waals surface area (Å²) in [5.41, 5.74) is 0.0553. The minimum Gasteiger partial charge on any atom is -0.508 e. The molecule has 6 heteroatoms. The van der Waals surface area contributed by atoms with Crippen LogP contribution >= 0.6 is 11.6 Å². The molecular weight excluding hydrogens is 258 g/mol. The third-order valence-electron chi connectivity index (χ3n) is 2.14. The normalized spacial score (nSPS) is 9.83. The first kappa shape index (κ1) is 14.1. The molecule has 0 aliphatic carbocycles. The first-order valence-electron chi connectivity index (χ1n) is 5.06. The van der Waals surface area contributed by atoms with Crippen LogP contribution in [0.2, 0.25) is 5.02 Å². The van der Waals surface area contributed by atoms with Crippen molar-refractivity contribution in [3.63, 3.8) is 0 Å². The molecule has 0 radical (unpaired) electrons. The lowest BCUT2D eigenvalue weighted by atomic mass is 10.2. The maximum atomic E-state index is 12.1. The predicted octanol–water partition coefficient (Wildman–Crippen LogP) is 1.76. The van der Waals surface area contributed by atoms with Gasteiger partial charge in [-0.15, -0.1) is 6.58 Å².